The molecule has 0 amide bonds. The zero-order valence-corrected chi connectivity index (χ0v) is 11.6. The first kappa shape index (κ1) is 14.2. The molecular formula is C10H20ClNO3S. The lowest BCUT2D eigenvalue weighted by Crippen LogP contribution is -2.59. The number of ether oxygens (including phenoxy) is 1. The lowest BCUT2D eigenvalue weighted by atomic mass is 9.67. The van der Waals surface area contributed by atoms with Crippen LogP contribution in [0.25, 0.3) is 0 Å². The van der Waals surface area contributed by atoms with Gasteiger partial charge < -0.3 is 4.74 Å². The molecule has 0 spiro atoms. The van der Waals surface area contributed by atoms with E-state index in [1.165, 1.54) is 0 Å². The van der Waals surface area contributed by atoms with Crippen LogP contribution in [0, 0.1) is 5.41 Å². The number of hydrogen-bond acceptors (Lipinski definition) is 3. The summed E-state index contributed by atoms with van der Waals surface area (Å²) in [5.41, 5.74) is -0.166. The standard InChI is InChI=1S/C10H20ClNO3S/c1-4-15-5-6-16(13,14)12-9-7-8(11)10(9,2)3/h8-9,12H,4-7H2,1-3H3. The summed E-state index contributed by atoms with van der Waals surface area (Å²) in [5, 5.41) is 0.0482. The predicted molar refractivity (Wildman–Crippen MR) is 65.2 cm³/mol. The fourth-order valence-corrected chi connectivity index (χ4v) is 3.28. The molecule has 16 heavy (non-hydrogen) atoms. The maximum Gasteiger partial charge on any atom is 0.214 e. The van der Waals surface area contributed by atoms with Gasteiger partial charge in [-0.25, -0.2) is 13.1 Å². The first-order valence-corrected chi connectivity index (χ1v) is 7.60. The Kier molecular flexibility index (Phi) is 4.63. The number of rotatable bonds is 6. The quantitative estimate of drug-likeness (QED) is 0.585. The van der Waals surface area contributed by atoms with Gasteiger partial charge in [-0.1, -0.05) is 13.8 Å². The summed E-state index contributed by atoms with van der Waals surface area (Å²) in [6.07, 6.45) is 0.697. The molecule has 0 aromatic rings. The highest BCUT2D eigenvalue weighted by Gasteiger charge is 2.48. The molecule has 1 N–H and O–H groups in total. The van der Waals surface area contributed by atoms with Gasteiger partial charge in [-0.15, -0.1) is 11.6 Å². The van der Waals surface area contributed by atoms with E-state index in [-0.39, 0.29) is 29.2 Å². The maximum absolute atomic E-state index is 11.7. The van der Waals surface area contributed by atoms with Gasteiger partial charge in [0.1, 0.15) is 0 Å². The van der Waals surface area contributed by atoms with Crippen LogP contribution in [0.4, 0.5) is 0 Å². The summed E-state index contributed by atoms with van der Waals surface area (Å²) < 4.78 is 31.0. The van der Waals surface area contributed by atoms with Crippen LogP contribution in [0.5, 0.6) is 0 Å². The fourth-order valence-electron chi connectivity index (χ4n) is 1.66. The van der Waals surface area contributed by atoms with Crippen molar-refractivity contribution in [3.05, 3.63) is 0 Å². The third-order valence-electron chi connectivity index (χ3n) is 3.17. The second-order valence-corrected chi connectivity index (χ2v) is 7.11. The largest absolute Gasteiger partial charge is 0.381 e. The molecule has 1 aliphatic carbocycles. The van der Waals surface area contributed by atoms with Crippen molar-refractivity contribution in [3.8, 4) is 0 Å². The third-order valence-corrected chi connectivity index (χ3v) is 5.26. The molecule has 0 aromatic heterocycles. The minimum atomic E-state index is -3.24. The number of sulfonamides is 1. The van der Waals surface area contributed by atoms with Crippen LogP contribution in [0.1, 0.15) is 27.2 Å². The highest BCUT2D eigenvalue weighted by atomic mass is 35.5. The maximum atomic E-state index is 11.7. The molecule has 6 heteroatoms. The Hall–Kier alpha value is 0.160. The summed E-state index contributed by atoms with van der Waals surface area (Å²) in [7, 11) is -3.24. The first-order chi connectivity index (χ1) is 7.29. The van der Waals surface area contributed by atoms with Crippen molar-refractivity contribution in [3.63, 3.8) is 0 Å². The van der Waals surface area contributed by atoms with Gasteiger partial charge in [0.05, 0.1) is 12.4 Å². The minimum Gasteiger partial charge on any atom is -0.381 e. The molecule has 1 rings (SSSR count). The molecule has 1 saturated carbocycles. The van der Waals surface area contributed by atoms with Crippen LogP contribution >= 0.6 is 11.6 Å². The lowest BCUT2D eigenvalue weighted by Gasteiger charge is -2.48. The molecule has 0 aliphatic heterocycles. The highest BCUT2D eigenvalue weighted by molar-refractivity contribution is 7.89. The van der Waals surface area contributed by atoms with Crippen molar-refractivity contribution in [2.75, 3.05) is 19.0 Å². The van der Waals surface area contributed by atoms with Gasteiger partial charge in [-0.3, -0.25) is 0 Å². The van der Waals surface area contributed by atoms with Crippen molar-refractivity contribution >= 4 is 21.6 Å². The van der Waals surface area contributed by atoms with Crippen molar-refractivity contribution in [2.45, 2.75) is 38.6 Å². The molecule has 4 nitrogen and oxygen atoms in total. The average molecular weight is 270 g/mol. The van der Waals surface area contributed by atoms with Gasteiger partial charge in [0.15, 0.2) is 0 Å². The number of nitrogens with one attached hydrogen (secondary N) is 1. The van der Waals surface area contributed by atoms with Crippen LogP contribution in [0.2, 0.25) is 0 Å². The number of halogens is 1. The van der Waals surface area contributed by atoms with Crippen molar-refractivity contribution in [2.24, 2.45) is 5.41 Å². The van der Waals surface area contributed by atoms with Crippen LogP contribution in [-0.4, -0.2) is 38.8 Å². The average Bonchev–Trinajstić information content (AvgIpc) is 2.17. The van der Waals surface area contributed by atoms with E-state index in [1.807, 2.05) is 20.8 Å². The molecule has 2 unspecified atom stereocenters. The van der Waals surface area contributed by atoms with E-state index in [0.29, 0.717) is 13.0 Å². The van der Waals surface area contributed by atoms with E-state index in [4.69, 9.17) is 16.3 Å². The van der Waals surface area contributed by atoms with Crippen molar-refractivity contribution in [1.29, 1.82) is 0 Å². The van der Waals surface area contributed by atoms with Gasteiger partial charge in [-0.05, 0) is 18.8 Å². The zero-order valence-electron chi connectivity index (χ0n) is 9.99. The molecule has 0 heterocycles. The Morgan fingerprint density at radius 1 is 1.50 bits per heavy atom. The zero-order chi connectivity index (χ0) is 12.4. The molecule has 1 fully saturated rings. The van der Waals surface area contributed by atoms with Crippen LogP contribution < -0.4 is 4.72 Å². The van der Waals surface area contributed by atoms with E-state index >= 15 is 0 Å². The van der Waals surface area contributed by atoms with Gasteiger partial charge in [0, 0.05) is 18.0 Å². The summed E-state index contributed by atoms with van der Waals surface area (Å²) in [6.45, 7) is 6.57. The summed E-state index contributed by atoms with van der Waals surface area (Å²) in [6, 6.07) is -0.0540. The molecule has 0 bridgehead atoms. The SMILES string of the molecule is CCOCCS(=O)(=O)NC1CC(Cl)C1(C)C. The topological polar surface area (TPSA) is 55.4 Å². The fraction of sp³-hybridized carbons (Fsp3) is 1.00. The van der Waals surface area contributed by atoms with E-state index in [9.17, 15) is 8.42 Å². The van der Waals surface area contributed by atoms with E-state index < -0.39 is 10.0 Å². The molecule has 2 atom stereocenters. The third kappa shape index (κ3) is 3.32. The lowest BCUT2D eigenvalue weighted by molar-refractivity contribution is 0.136. The monoisotopic (exact) mass is 269 g/mol. The van der Waals surface area contributed by atoms with Gasteiger partial charge in [0.2, 0.25) is 10.0 Å². The number of alkyl halides is 1. The van der Waals surface area contributed by atoms with Crippen LogP contribution in [-0.2, 0) is 14.8 Å². The van der Waals surface area contributed by atoms with Crippen molar-refractivity contribution < 1.29 is 13.2 Å². The normalized spacial score (nSPS) is 28.8. The summed E-state index contributed by atoms with van der Waals surface area (Å²) in [5.74, 6) is 0.0143. The predicted octanol–water partition coefficient (Wildman–Crippen LogP) is 1.35. The first-order valence-electron chi connectivity index (χ1n) is 5.51. The molecule has 0 aromatic carbocycles. The molecule has 96 valence electrons. The van der Waals surface area contributed by atoms with Gasteiger partial charge >= 0.3 is 0 Å². The Labute approximate surface area is 103 Å². The Balaban J connectivity index is 2.42. The minimum absolute atomic E-state index is 0.0143. The summed E-state index contributed by atoms with van der Waals surface area (Å²) in [4.78, 5) is 0. The smallest absolute Gasteiger partial charge is 0.214 e. The molecule has 0 radical (unpaired) electrons. The van der Waals surface area contributed by atoms with E-state index in [1.54, 1.807) is 0 Å². The second-order valence-electron chi connectivity index (χ2n) is 4.71. The Morgan fingerprint density at radius 2 is 2.12 bits per heavy atom. The van der Waals surface area contributed by atoms with Gasteiger partial charge in [-0.2, -0.15) is 0 Å². The Morgan fingerprint density at radius 3 is 2.56 bits per heavy atom. The van der Waals surface area contributed by atoms with Crippen LogP contribution in [0.15, 0.2) is 0 Å². The van der Waals surface area contributed by atoms with E-state index in [2.05, 4.69) is 4.72 Å². The second kappa shape index (κ2) is 5.21. The van der Waals surface area contributed by atoms with E-state index in [0.717, 1.165) is 0 Å². The highest BCUT2D eigenvalue weighted by Crippen LogP contribution is 2.44. The molecular weight excluding hydrogens is 250 g/mol. The van der Waals surface area contributed by atoms with Crippen molar-refractivity contribution in [1.82, 2.24) is 4.72 Å². The number of hydrogen-bond donors (Lipinski definition) is 1. The van der Waals surface area contributed by atoms with Gasteiger partial charge in [0.25, 0.3) is 0 Å². The molecule has 1 aliphatic rings. The molecule has 0 saturated heterocycles. The Bertz CT molecular complexity index is 329. The summed E-state index contributed by atoms with van der Waals surface area (Å²) >= 11 is 6.03. The van der Waals surface area contributed by atoms with Crippen LogP contribution in [0.3, 0.4) is 0 Å².